The molecule has 4 heterocycles. The summed E-state index contributed by atoms with van der Waals surface area (Å²) in [5.74, 6) is 0.805. The van der Waals surface area contributed by atoms with Crippen LogP contribution in [0, 0.1) is 17.8 Å². The average Bonchev–Trinajstić information content (AvgIpc) is 3.25. The van der Waals surface area contributed by atoms with Gasteiger partial charge in [0.05, 0.1) is 6.20 Å². The van der Waals surface area contributed by atoms with Gasteiger partial charge < -0.3 is 15.3 Å². The van der Waals surface area contributed by atoms with Crippen LogP contribution in [0.4, 0.5) is 0 Å². The van der Waals surface area contributed by atoms with Crippen LogP contribution in [0.5, 0.6) is 0 Å². The van der Waals surface area contributed by atoms with Crippen molar-refractivity contribution in [1.82, 2.24) is 29.8 Å². The number of nitrogens with one attached hydrogen (secondary N) is 1. The molecule has 10 nitrogen and oxygen atoms in total. The lowest BCUT2D eigenvalue weighted by molar-refractivity contribution is -0.136. The van der Waals surface area contributed by atoms with E-state index in [0.717, 1.165) is 31.4 Å². The molecule has 172 valence electrons. The molecule has 3 aromatic heterocycles. The zero-order chi connectivity index (χ0) is 23.2. The maximum atomic E-state index is 13.1. The van der Waals surface area contributed by atoms with Crippen molar-refractivity contribution >= 4 is 23.9 Å². The number of piperidine rings is 1. The summed E-state index contributed by atoms with van der Waals surface area (Å²) < 4.78 is 1.61. The van der Waals surface area contributed by atoms with Gasteiger partial charge in [-0.1, -0.05) is 6.07 Å². The molecular formula is C23H26N6O4. The lowest BCUT2D eigenvalue weighted by Crippen LogP contribution is -2.56. The first kappa shape index (κ1) is 22.4. The van der Waals surface area contributed by atoms with Gasteiger partial charge in [-0.05, 0) is 48.8 Å². The molecule has 2 N–H and O–H groups in total. The third-order valence-electron chi connectivity index (χ3n) is 6.45. The van der Waals surface area contributed by atoms with Crippen LogP contribution in [0.15, 0.2) is 49.2 Å². The van der Waals surface area contributed by atoms with Gasteiger partial charge >= 0.3 is 0 Å². The van der Waals surface area contributed by atoms with Crippen molar-refractivity contribution in [2.24, 2.45) is 17.8 Å². The van der Waals surface area contributed by atoms with E-state index in [1.807, 2.05) is 23.2 Å². The Morgan fingerprint density at radius 3 is 2.88 bits per heavy atom. The molecule has 33 heavy (non-hydrogen) atoms. The van der Waals surface area contributed by atoms with Crippen LogP contribution < -0.4 is 5.32 Å². The fraction of sp³-hybridized carbons (Fsp3) is 0.391. The van der Waals surface area contributed by atoms with Gasteiger partial charge in [-0.2, -0.15) is 5.10 Å². The Balaban J connectivity index is 0.000000821. The van der Waals surface area contributed by atoms with Crippen LogP contribution in [-0.2, 0) is 16.0 Å². The van der Waals surface area contributed by atoms with Crippen LogP contribution >= 0.6 is 0 Å². The van der Waals surface area contributed by atoms with Crippen molar-refractivity contribution in [1.29, 1.82) is 0 Å². The maximum Gasteiger partial charge on any atom is 0.290 e. The van der Waals surface area contributed by atoms with Gasteiger partial charge in [0.15, 0.2) is 5.65 Å². The Kier molecular flexibility index (Phi) is 6.92. The molecule has 1 aliphatic heterocycles. The van der Waals surface area contributed by atoms with E-state index in [1.165, 1.54) is 0 Å². The number of hydrogen-bond acceptors (Lipinski definition) is 6. The molecule has 3 aromatic rings. The number of carbonyl (C=O) groups excluding carboxylic acids is 2. The highest BCUT2D eigenvalue weighted by molar-refractivity contribution is 5.99. The smallest absolute Gasteiger partial charge is 0.290 e. The number of likely N-dealkylation sites (tertiary alicyclic amines) is 1. The third-order valence-corrected chi connectivity index (χ3v) is 6.45. The second-order valence-corrected chi connectivity index (χ2v) is 8.26. The molecule has 10 heteroatoms. The minimum Gasteiger partial charge on any atom is -0.483 e. The minimum absolute atomic E-state index is 0.0125. The second-order valence-electron chi connectivity index (χ2n) is 8.26. The number of carboxylic acid groups (broad SMARTS) is 1. The van der Waals surface area contributed by atoms with Crippen molar-refractivity contribution in [3.8, 4) is 0 Å². The van der Waals surface area contributed by atoms with Crippen molar-refractivity contribution in [2.75, 3.05) is 19.6 Å². The van der Waals surface area contributed by atoms with Gasteiger partial charge in [0.2, 0.25) is 5.91 Å². The Morgan fingerprint density at radius 2 is 2.09 bits per heavy atom. The normalized spacial score (nSPS) is 21.2. The Labute approximate surface area is 190 Å². The molecule has 1 saturated heterocycles. The lowest BCUT2D eigenvalue weighted by atomic mass is 9.61. The molecule has 2 fully saturated rings. The molecular weight excluding hydrogens is 424 g/mol. The van der Waals surface area contributed by atoms with Crippen molar-refractivity contribution in [2.45, 2.75) is 19.3 Å². The number of carbonyl (C=O) groups is 3. The van der Waals surface area contributed by atoms with E-state index in [4.69, 9.17) is 9.90 Å². The summed E-state index contributed by atoms with van der Waals surface area (Å²) in [4.78, 5) is 44.4. The summed E-state index contributed by atoms with van der Waals surface area (Å²) in [6, 6.07) is 5.70. The molecule has 1 saturated carbocycles. The van der Waals surface area contributed by atoms with E-state index < -0.39 is 0 Å². The second kappa shape index (κ2) is 10.2. The van der Waals surface area contributed by atoms with Crippen LogP contribution in [0.3, 0.4) is 0 Å². The molecule has 1 aliphatic carbocycles. The first-order chi connectivity index (χ1) is 16.1. The molecule has 0 aromatic carbocycles. The molecule has 0 spiro atoms. The van der Waals surface area contributed by atoms with Gasteiger partial charge in [-0.15, -0.1) is 0 Å². The number of rotatable bonds is 5. The molecule has 5 rings (SSSR count). The van der Waals surface area contributed by atoms with E-state index in [2.05, 4.69) is 20.4 Å². The molecule has 3 atom stereocenters. The van der Waals surface area contributed by atoms with Gasteiger partial charge in [0.25, 0.3) is 12.4 Å². The molecule has 0 unspecified atom stereocenters. The number of amides is 2. The predicted octanol–water partition coefficient (Wildman–Crippen LogP) is 1.28. The fourth-order valence-electron chi connectivity index (χ4n) is 4.73. The minimum atomic E-state index is -0.250. The summed E-state index contributed by atoms with van der Waals surface area (Å²) in [6.45, 7) is 1.70. The Morgan fingerprint density at radius 1 is 1.24 bits per heavy atom. The van der Waals surface area contributed by atoms with E-state index in [9.17, 15) is 9.59 Å². The highest BCUT2D eigenvalue weighted by atomic mass is 16.3. The zero-order valence-electron chi connectivity index (χ0n) is 18.1. The summed E-state index contributed by atoms with van der Waals surface area (Å²) in [5, 5.41) is 14.2. The zero-order valence-corrected chi connectivity index (χ0v) is 18.1. The van der Waals surface area contributed by atoms with E-state index in [0.29, 0.717) is 30.2 Å². The van der Waals surface area contributed by atoms with Crippen molar-refractivity contribution in [3.63, 3.8) is 0 Å². The van der Waals surface area contributed by atoms with E-state index >= 15 is 0 Å². The van der Waals surface area contributed by atoms with Crippen molar-refractivity contribution in [3.05, 3.63) is 60.3 Å². The molecule has 2 amide bonds. The standard InChI is InChI=1S/C22H24N6O2.CH2O2/c29-21(25-8-4-15-3-1-6-23-12-15)17-11-16-5-10-27(14-19(16)17)22(30)18-13-26-28-9-2-7-24-20(18)28;2-1-3/h1-3,6-7,9,12-13,16-17,19H,4-5,8,10-11,14H2,(H,25,29);1H,(H,2,3)/t16-,17-,19-;/m1./s1. The first-order valence-electron chi connectivity index (χ1n) is 10.9. The van der Waals surface area contributed by atoms with Gasteiger partial charge in [-0.25, -0.2) is 9.50 Å². The molecule has 0 radical (unpaired) electrons. The molecule has 2 aliphatic rings. The number of fused-ring (bicyclic) bond motifs is 2. The van der Waals surface area contributed by atoms with Gasteiger partial charge in [0, 0.05) is 50.3 Å². The highest BCUT2D eigenvalue weighted by Crippen LogP contribution is 2.45. The number of pyridine rings is 1. The van der Waals surface area contributed by atoms with Gasteiger partial charge in [-0.3, -0.25) is 19.4 Å². The Hall–Kier alpha value is -3.82. The van der Waals surface area contributed by atoms with Crippen LogP contribution in [0.2, 0.25) is 0 Å². The lowest BCUT2D eigenvalue weighted by Gasteiger charge is -2.50. The largest absolute Gasteiger partial charge is 0.483 e. The number of hydrogen-bond donors (Lipinski definition) is 2. The highest BCUT2D eigenvalue weighted by Gasteiger charge is 2.48. The first-order valence-corrected chi connectivity index (χ1v) is 10.9. The number of nitrogens with zero attached hydrogens (tertiary/aromatic N) is 5. The molecule has 0 bridgehead atoms. The maximum absolute atomic E-state index is 13.1. The quantitative estimate of drug-likeness (QED) is 0.560. The summed E-state index contributed by atoms with van der Waals surface area (Å²) in [7, 11) is 0. The number of aromatic nitrogens is 4. The van der Waals surface area contributed by atoms with Crippen LogP contribution in [0.25, 0.3) is 5.65 Å². The summed E-state index contributed by atoms with van der Waals surface area (Å²) in [6.07, 6.45) is 11.2. The SMILES string of the molecule is O=C(NCCc1cccnc1)[C@@H]1C[C@H]2CCN(C(=O)c3cnn4cccnc34)C[C@H]21.O=CO. The fourth-order valence-corrected chi connectivity index (χ4v) is 4.73. The Bertz CT molecular complexity index is 1120. The predicted molar refractivity (Wildman–Crippen MR) is 118 cm³/mol. The van der Waals surface area contributed by atoms with E-state index in [-0.39, 0.29) is 30.1 Å². The summed E-state index contributed by atoms with van der Waals surface area (Å²) in [5.41, 5.74) is 2.20. The van der Waals surface area contributed by atoms with Crippen LogP contribution in [0.1, 0.15) is 28.8 Å². The average molecular weight is 450 g/mol. The van der Waals surface area contributed by atoms with E-state index in [1.54, 1.807) is 35.4 Å². The van der Waals surface area contributed by atoms with Crippen molar-refractivity contribution < 1.29 is 19.5 Å². The summed E-state index contributed by atoms with van der Waals surface area (Å²) >= 11 is 0. The topological polar surface area (TPSA) is 130 Å². The third kappa shape index (κ3) is 4.84. The monoisotopic (exact) mass is 450 g/mol. The van der Waals surface area contributed by atoms with Gasteiger partial charge in [0.1, 0.15) is 5.56 Å². The van der Waals surface area contributed by atoms with Crippen LogP contribution in [-0.4, -0.2) is 67.5 Å².